The third kappa shape index (κ3) is 2.74. The van der Waals surface area contributed by atoms with E-state index in [1.54, 1.807) is 18.2 Å². The monoisotopic (exact) mass is 209 g/mol. The van der Waals surface area contributed by atoms with Gasteiger partial charge in [0.1, 0.15) is 6.10 Å². The molecule has 2 rings (SSSR count). The van der Waals surface area contributed by atoms with Gasteiger partial charge in [-0.1, -0.05) is 12.1 Å². The molecule has 0 aliphatic carbocycles. The summed E-state index contributed by atoms with van der Waals surface area (Å²) in [7, 11) is 0. The molecule has 0 amide bonds. The van der Waals surface area contributed by atoms with Crippen molar-refractivity contribution in [2.45, 2.75) is 12.7 Å². The Kier molecular flexibility index (Phi) is 2.94. The summed E-state index contributed by atoms with van der Waals surface area (Å²) in [4.78, 5) is 10.3. The molecular formula is C10H11NO4. The standard InChI is InChI=1S/C10H11NO4/c12-11(13)10-4-2-1-3-8(10)5-14-6-9-7-15-9/h1-4,9H,5-7H2/t9-/m1/s1. The average molecular weight is 209 g/mol. The number of nitro groups is 1. The number of ether oxygens (including phenoxy) is 2. The van der Waals surface area contributed by atoms with E-state index in [-0.39, 0.29) is 18.4 Å². The summed E-state index contributed by atoms with van der Waals surface area (Å²) in [5, 5.41) is 10.7. The second-order valence-corrected chi connectivity index (χ2v) is 3.36. The first kappa shape index (κ1) is 10.1. The van der Waals surface area contributed by atoms with Crippen molar-refractivity contribution in [2.24, 2.45) is 0 Å². The van der Waals surface area contributed by atoms with Crippen LogP contribution in [0.4, 0.5) is 5.69 Å². The summed E-state index contributed by atoms with van der Waals surface area (Å²) < 4.78 is 10.3. The minimum absolute atomic E-state index is 0.106. The number of rotatable bonds is 5. The van der Waals surface area contributed by atoms with Crippen molar-refractivity contribution >= 4 is 5.69 Å². The van der Waals surface area contributed by atoms with Gasteiger partial charge in [0.15, 0.2) is 0 Å². The maximum Gasteiger partial charge on any atom is 0.274 e. The highest BCUT2D eigenvalue weighted by atomic mass is 16.6. The van der Waals surface area contributed by atoms with Crippen LogP contribution in [0.2, 0.25) is 0 Å². The maximum absolute atomic E-state index is 10.7. The molecule has 0 N–H and O–H groups in total. The zero-order valence-electron chi connectivity index (χ0n) is 8.09. The predicted octanol–water partition coefficient (Wildman–Crippen LogP) is 1.51. The summed E-state index contributed by atoms with van der Waals surface area (Å²) in [6.07, 6.45) is 0.188. The molecule has 1 aliphatic rings. The van der Waals surface area contributed by atoms with E-state index in [9.17, 15) is 10.1 Å². The topological polar surface area (TPSA) is 64.9 Å². The van der Waals surface area contributed by atoms with Crippen LogP contribution < -0.4 is 0 Å². The Balaban J connectivity index is 1.95. The van der Waals surface area contributed by atoms with E-state index in [0.29, 0.717) is 12.2 Å². The lowest BCUT2D eigenvalue weighted by Crippen LogP contribution is -2.03. The number of hydrogen-bond donors (Lipinski definition) is 0. The van der Waals surface area contributed by atoms with E-state index in [1.807, 2.05) is 0 Å². The van der Waals surface area contributed by atoms with E-state index in [2.05, 4.69) is 0 Å². The van der Waals surface area contributed by atoms with Crippen molar-refractivity contribution in [2.75, 3.05) is 13.2 Å². The Bertz CT molecular complexity index is 362. The number of epoxide rings is 1. The highest BCUT2D eigenvalue weighted by Gasteiger charge is 2.22. The fraction of sp³-hybridized carbons (Fsp3) is 0.400. The molecule has 0 unspecified atom stereocenters. The Morgan fingerprint density at radius 2 is 2.27 bits per heavy atom. The molecule has 1 aromatic carbocycles. The average Bonchev–Trinajstić information content (AvgIpc) is 3.02. The number of hydrogen-bond acceptors (Lipinski definition) is 4. The van der Waals surface area contributed by atoms with Crippen molar-refractivity contribution in [1.29, 1.82) is 0 Å². The smallest absolute Gasteiger partial charge is 0.274 e. The first-order valence-corrected chi connectivity index (χ1v) is 4.69. The quantitative estimate of drug-likeness (QED) is 0.419. The van der Waals surface area contributed by atoms with Gasteiger partial charge in [-0.2, -0.15) is 0 Å². The molecule has 1 aliphatic heterocycles. The summed E-state index contributed by atoms with van der Waals surface area (Å²) in [5.41, 5.74) is 0.706. The van der Waals surface area contributed by atoms with Gasteiger partial charge in [-0.15, -0.1) is 0 Å². The number of benzene rings is 1. The summed E-state index contributed by atoms with van der Waals surface area (Å²) in [5.74, 6) is 0. The molecule has 1 aromatic rings. The highest BCUT2D eigenvalue weighted by molar-refractivity contribution is 5.39. The van der Waals surface area contributed by atoms with Crippen molar-refractivity contribution in [1.82, 2.24) is 0 Å². The summed E-state index contributed by atoms with van der Waals surface area (Å²) in [6.45, 7) is 1.50. The van der Waals surface area contributed by atoms with Crippen LogP contribution in [0.5, 0.6) is 0 Å². The molecule has 0 spiro atoms. The van der Waals surface area contributed by atoms with Gasteiger partial charge in [0, 0.05) is 6.07 Å². The molecule has 1 saturated heterocycles. The van der Waals surface area contributed by atoms with Crippen LogP contribution in [-0.4, -0.2) is 24.2 Å². The second-order valence-electron chi connectivity index (χ2n) is 3.36. The lowest BCUT2D eigenvalue weighted by Gasteiger charge is -2.02. The molecule has 0 aromatic heterocycles. The SMILES string of the molecule is O=[N+]([O-])c1ccccc1COC[C@@H]1CO1. The van der Waals surface area contributed by atoms with Crippen molar-refractivity contribution < 1.29 is 14.4 Å². The van der Waals surface area contributed by atoms with Crippen LogP contribution in [-0.2, 0) is 16.1 Å². The lowest BCUT2D eigenvalue weighted by molar-refractivity contribution is -0.385. The largest absolute Gasteiger partial charge is 0.374 e. The summed E-state index contributed by atoms with van der Waals surface area (Å²) >= 11 is 0. The Morgan fingerprint density at radius 3 is 2.93 bits per heavy atom. The van der Waals surface area contributed by atoms with Gasteiger partial charge in [0.05, 0.1) is 30.3 Å². The van der Waals surface area contributed by atoms with E-state index in [0.717, 1.165) is 6.61 Å². The zero-order chi connectivity index (χ0) is 10.7. The number of nitrogens with zero attached hydrogens (tertiary/aromatic N) is 1. The Morgan fingerprint density at radius 1 is 1.53 bits per heavy atom. The molecule has 15 heavy (non-hydrogen) atoms. The van der Waals surface area contributed by atoms with Crippen LogP contribution >= 0.6 is 0 Å². The van der Waals surface area contributed by atoms with Crippen LogP contribution in [0.3, 0.4) is 0 Å². The first-order chi connectivity index (χ1) is 7.27. The fourth-order valence-electron chi connectivity index (χ4n) is 1.28. The minimum atomic E-state index is -0.397. The van der Waals surface area contributed by atoms with Crippen LogP contribution in [0.1, 0.15) is 5.56 Å². The number of nitro benzene ring substituents is 1. The Hall–Kier alpha value is -1.46. The molecule has 1 fully saturated rings. The van der Waals surface area contributed by atoms with Crippen molar-refractivity contribution in [3.05, 3.63) is 39.9 Å². The first-order valence-electron chi connectivity index (χ1n) is 4.69. The zero-order valence-corrected chi connectivity index (χ0v) is 8.09. The lowest BCUT2D eigenvalue weighted by atomic mass is 10.2. The molecule has 1 atom stereocenters. The normalized spacial score (nSPS) is 18.8. The summed E-state index contributed by atoms with van der Waals surface area (Å²) in [6, 6.07) is 6.59. The van der Waals surface area contributed by atoms with Gasteiger partial charge in [0.25, 0.3) is 5.69 Å². The Labute approximate surface area is 86.8 Å². The number of para-hydroxylation sites is 1. The molecule has 0 radical (unpaired) electrons. The van der Waals surface area contributed by atoms with E-state index < -0.39 is 4.92 Å². The van der Waals surface area contributed by atoms with Crippen molar-refractivity contribution in [3.63, 3.8) is 0 Å². The maximum atomic E-state index is 10.7. The van der Waals surface area contributed by atoms with Gasteiger partial charge >= 0.3 is 0 Å². The predicted molar refractivity (Wildman–Crippen MR) is 52.5 cm³/mol. The van der Waals surface area contributed by atoms with Crippen LogP contribution in [0, 0.1) is 10.1 Å². The van der Waals surface area contributed by atoms with Gasteiger partial charge < -0.3 is 9.47 Å². The molecule has 1 heterocycles. The molecule has 0 saturated carbocycles. The van der Waals surface area contributed by atoms with Gasteiger partial charge in [0.2, 0.25) is 0 Å². The van der Waals surface area contributed by atoms with E-state index in [1.165, 1.54) is 6.07 Å². The molecular weight excluding hydrogens is 198 g/mol. The van der Waals surface area contributed by atoms with Gasteiger partial charge in [-0.05, 0) is 6.07 Å². The van der Waals surface area contributed by atoms with Gasteiger partial charge in [-0.25, -0.2) is 0 Å². The highest BCUT2D eigenvalue weighted by Crippen LogP contribution is 2.19. The third-order valence-corrected chi connectivity index (χ3v) is 2.15. The van der Waals surface area contributed by atoms with Crippen LogP contribution in [0.15, 0.2) is 24.3 Å². The van der Waals surface area contributed by atoms with Crippen molar-refractivity contribution in [3.8, 4) is 0 Å². The molecule has 80 valence electrons. The van der Waals surface area contributed by atoms with E-state index in [4.69, 9.17) is 9.47 Å². The molecule has 0 bridgehead atoms. The van der Waals surface area contributed by atoms with Crippen LogP contribution in [0.25, 0.3) is 0 Å². The molecule has 5 nitrogen and oxygen atoms in total. The van der Waals surface area contributed by atoms with E-state index >= 15 is 0 Å². The minimum Gasteiger partial charge on any atom is -0.374 e. The third-order valence-electron chi connectivity index (χ3n) is 2.15. The fourth-order valence-corrected chi connectivity index (χ4v) is 1.28. The van der Waals surface area contributed by atoms with Gasteiger partial charge in [-0.3, -0.25) is 10.1 Å². The molecule has 5 heteroatoms. The second kappa shape index (κ2) is 4.37.